The van der Waals surface area contributed by atoms with Crippen LogP contribution in [0.1, 0.15) is 34.6 Å². The molecule has 0 bridgehead atoms. The van der Waals surface area contributed by atoms with Gasteiger partial charge >= 0.3 is 12.2 Å². The van der Waals surface area contributed by atoms with E-state index in [1.54, 1.807) is 32.9 Å². The van der Waals surface area contributed by atoms with Crippen LogP contribution in [-0.4, -0.2) is 63.2 Å². The van der Waals surface area contributed by atoms with Crippen molar-refractivity contribution >= 4 is 23.6 Å². The van der Waals surface area contributed by atoms with Gasteiger partial charge in [0.25, 0.3) is 0 Å². The van der Waals surface area contributed by atoms with Crippen molar-refractivity contribution in [2.75, 3.05) is 49.1 Å². The van der Waals surface area contributed by atoms with Crippen LogP contribution in [-0.2, 0) is 9.47 Å². The van der Waals surface area contributed by atoms with E-state index >= 15 is 0 Å². The average molecular weight is 425 g/mol. The van der Waals surface area contributed by atoms with Crippen LogP contribution in [0.4, 0.5) is 25.4 Å². The number of benzene rings is 1. The SMILES string of the molecule is CC.CC(C)(C)OC(=O)NCC1CN(c2ccc(N3CCNCC3)c(F)c2)C(=O)O1. The quantitative estimate of drug-likeness (QED) is 0.773. The van der Waals surface area contributed by atoms with Gasteiger partial charge in [0.05, 0.1) is 24.5 Å². The molecule has 2 amide bonds. The average Bonchev–Trinajstić information content (AvgIpc) is 3.08. The Labute approximate surface area is 177 Å². The standard InChI is InChI=1S/C19H27FN4O4.C2H6/c1-19(2,3)28-17(25)22-11-14-12-24(18(26)27-14)13-4-5-16(15(20)10-13)23-8-6-21-7-9-23;1-2/h4-5,10,14,21H,6-9,11-12H2,1-3H3,(H,22,25);1-2H3. The molecule has 1 aromatic carbocycles. The van der Waals surface area contributed by atoms with Gasteiger partial charge < -0.3 is 25.0 Å². The Balaban J connectivity index is 0.00000155. The molecule has 0 radical (unpaired) electrons. The third-order valence-electron chi connectivity index (χ3n) is 4.45. The molecule has 0 saturated carbocycles. The number of hydrogen-bond donors (Lipinski definition) is 2. The molecule has 1 aromatic rings. The van der Waals surface area contributed by atoms with Gasteiger partial charge in [0, 0.05) is 26.2 Å². The Morgan fingerprint density at radius 1 is 1.30 bits per heavy atom. The Hall–Kier alpha value is -2.55. The zero-order chi connectivity index (χ0) is 22.3. The summed E-state index contributed by atoms with van der Waals surface area (Å²) in [7, 11) is 0. The van der Waals surface area contributed by atoms with Crippen LogP contribution in [0.5, 0.6) is 0 Å². The first-order chi connectivity index (χ1) is 14.2. The third kappa shape index (κ3) is 6.48. The lowest BCUT2D eigenvalue weighted by Crippen LogP contribution is -2.43. The summed E-state index contributed by atoms with van der Waals surface area (Å²) in [5.41, 5.74) is 0.355. The van der Waals surface area contributed by atoms with Crippen LogP contribution in [0, 0.1) is 5.82 Å². The van der Waals surface area contributed by atoms with Gasteiger partial charge in [-0.3, -0.25) is 4.90 Å². The van der Waals surface area contributed by atoms with E-state index in [1.165, 1.54) is 11.0 Å². The smallest absolute Gasteiger partial charge is 0.414 e. The number of piperazine rings is 1. The zero-order valence-corrected chi connectivity index (χ0v) is 18.5. The lowest BCUT2D eigenvalue weighted by atomic mass is 10.2. The highest BCUT2D eigenvalue weighted by Crippen LogP contribution is 2.28. The summed E-state index contributed by atoms with van der Waals surface area (Å²) in [4.78, 5) is 27.3. The minimum absolute atomic E-state index is 0.124. The van der Waals surface area contributed by atoms with Crippen molar-refractivity contribution in [1.29, 1.82) is 0 Å². The molecule has 2 aliphatic rings. The molecule has 30 heavy (non-hydrogen) atoms. The van der Waals surface area contributed by atoms with Crippen LogP contribution >= 0.6 is 0 Å². The first-order valence-electron chi connectivity index (χ1n) is 10.4. The fourth-order valence-corrected chi connectivity index (χ4v) is 3.18. The van der Waals surface area contributed by atoms with Gasteiger partial charge in [-0.05, 0) is 39.0 Å². The fourth-order valence-electron chi connectivity index (χ4n) is 3.18. The topological polar surface area (TPSA) is 83.1 Å². The van der Waals surface area contributed by atoms with Gasteiger partial charge in [-0.15, -0.1) is 0 Å². The highest BCUT2D eigenvalue weighted by molar-refractivity contribution is 5.90. The molecule has 2 aliphatic heterocycles. The molecular weight excluding hydrogens is 391 g/mol. The Bertz CT molecular complexity index is 732. The number of cyclic esters (lactones) is 1. The van der Waals surface area contributed by atoms with Crippen molar-refractivity contribution in [3.8, 4) is 0 Å². The zero-order valence-electron chi connectivity index (χ0n) is 18.5. The second kappa shape index (κ2) is 10.5. The molecule has 8 nitrogen and oxygen atoms in total. The fraction of sp³-hybridized carbons (Fsp3) is 0.619. The number of halogens is 1. The third-order valence-corrected chi connectivity index (χ3v) is 4.45. The summed E-state index contributed by atoms with van der Waals surface area (Å²) in [6.07, 6.45) is -1.67. The summed E-state index contributed by atoms with van der Waals surface area (Å²) in [6, 6.07) is 4.75. The first kappa shape index (κ1) is 23.7. The van der Waals surface area contributed by atoms with E-state index in [0.29, 0.717) is 11.4 Å². The minimum Gasteiger partial charge on any atom is -0.444 e. The second-order valence-corrected chi connectivity index (χ2v) is 7.87. The van der Waals surface area contributed by atoms with E-state index in [0.717, 1.165) is 26.2 Å². The number of carbonyl (C=O) groups excluding carboxylic acids is 2. The summed E-state index contributed by atoms with van der Waals surface area (Å²) in [5, 5.41) is 5.82. The highest BCUT2D eigenvalue weighted by Gasteiger charge is 2.33. The number of nitrogens with one attached hydrogen (secondary N) is 2. The number of ether oxygens (including phenoxy) is 2. The predicted octanol–water partition coefficient (Wildman–Crippen LogP) is 3.11. The van der Waals surface area contributed by atoms with E-state index in [9.17, 15) is 14.0 Å². The normalized spacial score (nSPS) is 19.0. The number of anilines is 2. The number of hydrogen-bond acceptors (Lipinski definition) is 6. The van der Waals surface area contributed by atoms with Gasteiger partial charge in [0.1, 0.15) is 17.5 Å². The van der Waals surface area contributed by atoms with E-state index in [2.05, 4.69) is 10.6 Å². The molecule has 168 valence electrons. The lowest BCUT2D eigenvalue weighted by molar-refractivity contribution is 0.0496. The highest BCUT2D eigenvalue weighted by atomic mass is 19.1. The van der Waals surface area contributed by atoms with Crippen molar-refractivity contribution in [3.05, 3.63) is 24.0 Å². The van der Waals surface area contributed by atoms with Crippen LogP contribution in [0.2, 0.25) is 0 Å². The molecule has 1 unspecified atom stereocenters. The molecule has 1 atom stereocenters. The Morgan fingerprint density at radius 3 is 2.57 bits per heavy atom. The largest absolute Gasteiger partial charge is 0.444 e. The number of alkyl carbamates (subject to hydrolysis) is 1. The Kier molecular flexibility index (Phi) is 8.28. The second-order valence-electron chi connectivity index (χ2n) is 7.87. The maximum absolute atomic E-state index is 14.6. The predicted molar refractivity (Wildman–Crippen MR) is 115 cm³/mol. The van der Waals surface area contributed by atoms with E-state index in [1.807, 2.05) is 18.7 Å². The van der Waals surface area contributed by atoms with Crippen molar-refractivity contribution in [2.24, 2.45) is 0 Å². The Morgan fingerprint density at radius 2 is 1.97 bits per heavy atom. The van der Waals surface area contributed by atoms with Crippen molar-refractivity contribution in [1.82, 2.24) is 10.6 Å². The molecule has 2 heterocycles. The van der Waals surface area contributed by atoms with E-state index in [-0.39, 0.29) is 18.9 Å². The summed E-state index contributed by atoms with van der Waals surface area (Å²) >= 11 is 0. The minimum atomic E-state index is -0.605. The molecule has 2 fully saturated rings. The van der Waals surface area contributed by atoms with E-state index in [4.69, 9.17) is 9.47 Å². The maximum Gasteiger partial charge on any atom is 0.414 e. The molecule has 3 rings (SSSR count). The maximum atomic E-state index is 14.6. The molecular formula is C21H33FN4O4. The number of carbonyl (C=O) groups is 2. The van der Waals surface area contributed by atoms with Crippen LogP contribution in [0.25, 0.3) is 0 Å². The summed E-state index contributed by atoms with van der Waals surface area (Å²) < 4.78 is 25.0. The molecule has 9 heteroatoms. The number of amides is 2. The number of rotatable bonds is 4. The van der Waals surface area contributed by atoms with Crippen LogP contribution in [0.15, 0.2) is 18.2 Å². The van der Waals surface area contributed by atoms with Gasteiger partial charge in [0.15, 0.2) is 0 Å². The summed E-state index contributed by atoms with van der Waals surface area (Å²) in [6.45, 7) is 12.7. The number of nitrogens with zero attached hydrogens (tertiary/aromatic N) is 2. The molecule has 0 spiro atoms. The van der Waals surface area contributed by atoms with Gasteiger partial charge in [-0.1, -0.05) is 13.8 Å². The van der Waals surface area contributed by atoms with Gasteiger partial charge in [-0.2, -0.15) is 0 Å². The molecule has 2 N–H and O–H groups in total. The lowest BCUT2D eigenvalue weighted by Gasteiger charge is -2.30. The molecule has 0 aromatic heterocycles. The van der Waals surface area contributed by atoms with Gasteiger partial charge in [-0.25, -0.2) is 14.0 Å². The van der Waals surface area contributed by atoms with Crippen molar-refractivity contribution in [2.45, 2.75) is 46.3 Å². The van der Waals surface area contributed by atoms with E-state index < -0.39 is 23.9 Å². The molecule has 0 aliphatic carbocycles. The first-order valence-corrected chi connectivity index (χ1v) is 10.4. The van der Waals surface area contributed by atoms with Gasteiger partial charge in [0.2, 0.25) is 0 Å². The molecule has 2 saturated heterocycles. The summed E-state index contributed by atoms with van der Waals surface area (Å²) in [5.74, 6) is -0.373. The van der Waals surface area contributed by atoms with Crippen molar-refractivity contribution < 1.29 is 23.5 Å². The monoisotopic (exact) mass is 424 g/mol. The van der Waals surface area contributed by atoms with Crippen molar-refractivity contribution in [3.63, 3.8) is 0 Å². The van der Waals surface area contributed by atoms with Crippen LogP contribution in [0.3, 0.4) is 0 Å². The van der Waals surface area contributed by atoms with Crippen LogP contribution < -0.4 is 20.4 Å².